The summed E-state index contributed by atoms with van der Waals surface area (Å²) < 4.78 is 17.1. The van der Waals surface area contributed by atoms with E-state index in [1.807, 2.05) is 0 Å². The fourth-order valence-electron chi connectivity index (χ4n) is 1.85. The van der Waals surface area contributed by atoms with Gasteiger partial charge in [0.25, 0.3) is 0 Å². The standard InChI is InChI=1S/C16H36N2O3/c1-5-14(4)8-19-10-16(7-3,12-21-13-17)11-20-9-15(18)6-2/h14-15H,5-13,17-18H2,1-4H3. The molecule has 128 valence electrons. The fourth-order valence-corrected chi connectivity index (χ4v) is 1.85. The van der Waals surface area contributed by atoms with Gasteiger partial charge in [-0.15, -0.1) is 0 Å². The van der Waals surface area contributed by atoms with Crippen LogP contribution in [0.5, 0.6) is 0 Å². The van der Waals surface area contributed by atoms with E-state index in [0.717, 1.165) is 25.9 Å². The molecule has 0 aromatic heterocycles. The highest BCUT2D eigenvalue weighted by atomic mass is 16.5. The summed E-state index contributed by atoms with van der Waals surface area (Å²) in [5.41, 5.74) is 11.2. The molecule has 0 aliphatic heterocycles. The molecule has 0 saturated carbocycles. The second kappa shape index (κ2) is 12.4. The van der Waals surface area contributed by atoms with Crippen LogP contribution in [0.4, 0.5) is 0 Å². The van der Waals surface area contributed by atoms with E-state index >= 15 is 0 Å². The summed E-state index contributed by atoms with van der Waals surface area (Å²) in [5, 5.41) is 0. The number of nitrogens with two attached hydrogens (primary N) is 2. The van der Waals surface area contributed by atoms with E-state index in [-0.39, 0.29) is 18.2 Å². The average Bonchev–Trinajstić information content (AvgIpc) is 2.51. The largest absolute Gasteiger partial charge is 0.380 e. The van der Waals surface area contributed by atoms with Gasteiger partial charge in [0.2, 0.25) is 0 Å². The van der Waals surface area contributed by atoms with Crippen LogP contribution < -0.4 is 11.5 Å². The Morgan fingerprint density at radius 1 is 0.905 bits per heavy atom. The van der Waals surface area contributed by atoms with Crippen LogP contribution in [0.1, 0.15) is 47.0 Å². The van der Waals surface area contributed by atoms with Crippen LogP contribution in [0, 0.1) is 11.3 Å². The third-order valence-electron chi connectivity index (χ3n) is 4.05. The van der Waals surface area contributed by atoms with Crippen LogP contribution in [0.25, 0.3) is 0 Å². The summed E-state index contributed by atoms with van der Waals surface area (Å²) in [6, 6.07) is 0.0935. The third kappa shape index (κ3) is 9.42. The minimum Gasteiger partial charge on any atom is -0.380 e. The van der Waals surface area contributed by atoms with Gasteiger partial charge in [-0.1, -0.05) is 34.1 Å². The zero-order valence-corrected chi connectivity index (χ0v) is 14.4. The smallest absolute Gasteiger partial charge is 0.0940 e. The lowest BCUT2D eigenvalue weighted by atomic mass is 9.88. The quantitative estimate of drug-likeness (QED) is 0.481. The molecular formula is C16H36N2O3. The van der Waals surface area contributed by atoms with Crippen LogP contribution in [-0.4, -0.2) is 45.8 Å². The van der Waals surface area contributed by atoms with E-state index in [9.17, 15) is 0 Å². The summed E-state index contributed by atoms with van der Waals surface area (Å²) in [5.74, 6) is 0.574. The molecule has 5 heteroatoms. The third-order valence-corrected chi connectivity index (χ3v) is 4.05. The average molecular weight is 304 g/mol. The van der Waals surface area contributed by atoms with E-state index in [1.165, 1.54) is 0 Å². The molecule has 0 aliphatic carbocycles. The van der Waals surface area contributed by atoms with Gasteiger partial charge in [-0.25, -0.2) is 0 Å². The molecule has 21 heavy (non-hydrogen) atoms. The SMILES string of the molecule is CCC(C)COCC(CC)(COCN)COCC(N)CC. The molecular weight excluding hydrogens is 268 g/mol. The van der Waals surface area contributed by atoms with Gasteiger partial charge in [0.15, 0.2) is 0 Å². The van der Waals surface area contributed by atoms with Gasteiger partial charge in [0, 0.05) is 18.1 Å². The molecule has 0 aliphatic rings. The Hall–Kier alpha value is -0.200. The second-order valence-electron chi connectivity index (χ2n) is 6.08. The van der Waals surface area contributed by atoms with Gasteiger partial charge in [0.1, 0.15) is 0 Å². The number of ether oxygens (including phenoxy) is 3. The lowest BCUT2D eigenvalue weighted by molar-refractivity contribution is -0.0765. The summed E-state index contributed by atoms with van der Waals surface area (Å²) in [4.78, 5) is 0. The maximum atomic E-state index is 5.89. The van der Waals surface area contributed by atoms with Gasteiger partial charge in [-0.3, -0.25) is 0 Å². The van der Waals surface area contributed by atoms with Crippen molar-refractivity contribution in [1.82, 2.24) is 0 Å². The highest BCUT2D eigenvalue weighted by Gasteiger charge is 2.30. The normalized spacial score (nSPS) is 17.4. The van der Waals surface area contributed by atoms with Crippen molar-refractivity contribution in [3.8, 4) is 0 Å². The Labute approximate surface area is 130 Å². The molecule has 0 saturated heterocycles. The molecule has 0 amide bonds. The maximum Gasteiger partial charge on any atom is 0.0940 e. The molecule has 0 bridgehead atoms. The topological polar surface area (TPSA) is 79.7 Å². The number of rotatable bonds is 14. The van der Waals surface area contributed by atoms with Crippen LogP contribution in [0.2, 0.25) is 0 Å². The summed E-state index contributed by atoms with van der Waals surface area (Å²) >= 11 is 0. The Morgan fingerprint density at radius 3 is 1.95 bits per heavy atom. The zero-order valence-electron chi connectivity index (χ0n) is 14.4. The maximum absolute atomic E-state index is 5.89. The first-order valence-electron chi connectivity index (χ1n) is 8.22. The Morgan fingerprint density at radius 2 is 1.48 bits per heavy atom. The van der Waals surface area contributed by atoms with Crippen LogP contribution in [0.3, 0.4) is 0 Å². The number of hydrogen-bond donors (Lipinski definition) is 2. The van der Waals surface area contributed by atoms with E-state index in [2.05, 4.69) is 27.7 Å². The summed E-state index contributed by atoms with van der Waals surface area (Å²) in [7, 11) is 0. The van der Waals surface area contributed by atoms with E-state index in [0.29, 0.717) is 32.3 Å². The van der Waals surface area contributed by atoms with Gasteiger partial charge in [-0.05, 0) is 18.8 Å². The van der Waals surface area contributed by atoms with Crippen molar-refractivity contribution in [2.75, 3.05) is 39.8 Å². The van der Waals surface area contributed by atoms with Crippen molar-refractivity contribution in [1.29, 1.82) is 0 Å². The predicted octanol–water partition coefficient (Wildman–Crippen LogP) is 2.13. The van der Waals surface area contributed by atoms with Crippen LogP contribution >= 0.6 is 0 Å². The molecule has 3 atom stereocenters. The predicted molar refractivity (Wildman–Crippen MR) is 87.1 cm³/mol. The highest BCUT2D eigenvalue weighted by Crippen LogP contribution is 2.24. The molecule has 0 radical (unpaired) electrons. The minimum atomic E-state index is -0.139. The van der Waals surface area contributed by atoms with Gasteiger partial charge >= 0.3 is 0 Å². The molecule has 0 aromatic carbocycles. The second-order valence-corrected chi connectivity index (χ2v) is 6.08. The first kappa shape index (κ1) is 20.8. The molecule has 4 N–H and O–H groups in total. The Balaban J connectivity index is 4.36. The Bertz CT molecular complexity index is 224. The van der Waals surface area contributed by atoms with Crippen molar-refractivity contribution in [3.05, 3.63) is 0 Å². The lowest BCUT2D eigenvalue weighted by Gasteiger charge is -2.32. The van der Waals surface area contributed by atoms with Crippen molar-refractivity contribution >= 4 is 0 Å². The van der Waals surface area contributed by atoms with Crippen molar-refractivity contribution in [2.45, 2.75) is 53.0 Å². The molecule has 5 nitrogen and oxygen atoms in total. The first-order chi connectivity index (χ1) is 10.0. The molecule has 0 aromatic rings. The van der Waals surface area contributed by atoms with Gasteiger partial charge in [0.05, 0.1) is 33.2 Å². The molecule has 0 spiro atoms. The van der Waals surface area contributed by atoms with Crippen molar-refractivity contribution in [2.24, 2.45) is 22.8 Å². The molecule has 0 fully saturated rings. The minimum absolute atomic E-state index is 0.0935. The van der Waals surface area contributed by atoms with E-state index < -0.39 is 0 Å². The van der Waals surface area contributed by atoms with Gasteiger partial charge in [-0.2, -0.15) is 0 Å². The van der Waals surface area contributed by atoms with Crippen LogP contribution in [0.15, 0.2) is 0 Å². The van der Waals surface area contributed by atoms with Gasteiger partial charge < -0.3 is 25.7 Å². The summed E-state index contributed by atoms with van der Waals surface area (Å²) in [6.07, 6.45) is 2.97. The first-order valence-corrected chi connectivity index (χ1v) is 8.22. The highest BCUT2D eigenvalue weighted by molar-refractivity contribution is 4.78. The molecule has 0 heterocycles. The van der Waals surface area contributed by atoms with Crippen molar-refractivity contribution in [3.63, 3.8) is 0 Å². The zero-order chi connectivity index (χ0) is 16.1. The number of hydrogen-bond acceptors (Lipinski definition) is 5. The molecule has 3 unspecified atom stereocenters. The fraction of sp³-hybridized carbons (Fsp3) is 1.00. The van der Waals surface area contributed by atoms with Crippen molar-refractivity contribution < 1.29 is 14.2 Å². The summed E-state index contributed by atoms with van der Waals surface area (Å²) in [6.45, 7) is 11.9. The van der Waals surface area contributed by atoms with Crippen LogP contribution in [-0.2, 0) is 14.2 Å². The van der Waals surface area contributed by atoms with E-state index in [1.54, 1.807) is 0 Å². The molecule has 0 rings (SSSR count). The Kier molecular flexibility index (Phi) is 12.2. The lowest BCUT2D eigenvalue weighted by Crippen LogP contribution is -2.39. The van der Waals surface area contributed by atoms with E-state index in [4.69, 9.17) is 25.7 Å². The monoisotopic (exact) mass is 304 g/mol.